The first kappa shape index (κ1) is 19.7. The molecule has 26 heavy (non-hydrogen) atoms. The van der Waals surface area contributed by atoms with Gasteiger partial charge in [-0.25, -0.2) is 13.6 Å². The highest BCUT2D eigenvalue weighted by Crippen LogP contribution is 2.25. The summed E-state index contributed by atoms with van der Waals surface area (Å²) in [5.74, 6) is 1.01. The van der Waals surface area contributed by atoms with E-state index >= 15 is 0 Å². The second kappa shape index (κ2) is 8.20. The molecule has 0 bridgehead atoms. The van der Waals surface area contributed by atoms with Crippen LogP contribution >= 0.6 is 0 Å². The molecule has 1 amide bonds. The van der Waals surface area contributed by atoms with Crippen LogP contribution < -0.4 is 19.9 Å². The summed E-state index contributed by atoms with van der Waals surface area (Å²) >= 11 is 0. The first-order valence-electron chi connectivity index (χ1n) is 7.91. The third kappa shape index (κ3) is 4.96. The van der Waals surface area contributed by atoms with E-state index in [1.54, 1.807) is 51.3 Å². The highest BCUT2D eigenvalue weighted by atomic mass is 32.2. The number of ether oxygens (including phenoxy) is 2. The van der Waals surface area contributed by atoms with Crippen molar-refractivity contribution in [3.8, 4) is 11.5 Å². The fourth-order valence-electron chi connectivity index (χ4n) is 2.40. The number of carbonyl (C=O) groups excluding carboxylic acids is 1. The topological polar surface area (TPSA) is 108 Å². The van der Waals surface area contributed by atoms with Crippen molar-refractivity contribution in [3.63, 3.8) is 0 Å². The number of sulfonamides is 1. The smallest absolute Gasteiger partial charge is 0.251 e. The summed E-state index contributed by atoms with van der Waals surface area (Å²) in [6.07, 6.45) is 0. The summed E-state index contributed by atoms with van der Waals surface area (Å²) in [6.45, 7) is 3.94. The van der Waals surface area contributed by atoms with E-state index in [1.807, 2.05) is 0 Å². The summed E-state index contributed by atoms with van der Waals surface area (Å²) in [4.78, 5) is 12.1. The number of hydrogen-bond donors (Lipinski definition) is 2. The molecule has 0 spiro atoms. The van der Waals surface area contributed by atoms with Crippen LogP contribution in [0.2, 0.25) is 0 Å². The number of methoxy groups -OCH3 is 1. The van der Waals surface area contributed by atoms with Gasteiger partial charge in [0.2, 0.25) is 10.0 Å². The van der Waals surface area contributed by atoms with E-state index in [1.165, 1.54) is 6.07 Å². The van der Waals surface area contributed by atoms with Gasteiger partial charge in [-0.1, -0.05) is 0 Å². The van der Waals surface area contributed by atoms with Crippen molar-refractivity contribution in [3.05, 3.63) is 53.1 Å². The van der Waals surface area contributed by atoms with Gasteiger partial charge in [-0.15, -0.1) is 0 Å². The average Bonchev–Trinajstić information content (AvgIpc) is 2.60. The van der Waals surface area contributed by atoms with Gasteiger partial charge >= 0.3 is 0 Å². The third-order valence-electron chi connectivity index (χ3n) is 3.78. The number of benzene rings is 2. The summed E-state index contributed by atoms with van der Waals surface area (Å²) in [6, 6.07) is 9.88. The molecule has 0 aliphatic rings. The Kier molecular flexibility index (Phi) is 6.23. The molecule has 2 rings (SSSR count). The number of amides is 1. The van der Waals surface area contributed by atoms with E-state index < -0.39 is 10.0 Å². The lowest BCUT2D eigenvalue weighted by Crippen LogP contribution is -2.28. The fraction of sp³-hybridized carbons (Fsp3) is 0.278. The van der Waals surface area contributed by atoms with Crippen LogP contribution in [0.15, 0.2) is 41.3 Å². The van der Waals surface area contributed by atoms with E-state index in [-0.39, 0.29) is 17.4 Å². The molecule has 140 valence electrons. The lowest BCUT2D eigenvalue weighted by Gasteiger charge is -2.13. The summed E-state index contributed by atoms with van der Waals surface area (Å²) < 4.78 is 33.7. The van der Waals surface area contributed by atoms with Gasteiger partial charge in [0.1, 0.15) is 18.1 Å². The molecule has 0 radical (unpaired) electrons. The minimum absolute atomic E-state index is 0.0789. The summed E-state index contributed by atoms with van der Waals surface area (Å²) in [5.41, 5.74) is 1.69. The molecule has 0 unspecified atom stereocenters. The molecule has 0 fully saturated rings. The quantitative estimate of drug-likeness (QED) is 0.714. The molecule has 0 saturated heterocycles. The van der Waals surface area contributed by atoms with Crippen LogP contribution in [0, 0.1) is 13.8 Å². The normalized spacial score (nSPS) is 11.1. The van der Waals surface area contributed by atoms with E-state index in [0.29, 0.717) is 34.7 Å². The third-order valence-corrected chi connectivity index (χ3v) is 4.83. The van der Waals surface area contributed by atoms with E-state index in [9.17, 15) is 13.2 Å². The largest absolute Gasteiger partial charge is 0.497 e. The van der Waals surface area contributed by atoms with Crippen molar-refractivity contribution in [2.45, 2.75) is 18.7 Å². The molecule has 0 atom stereocenters. The van der Waals surface area contributed by atoms with Crippen LogP contribution in [-0.2, 0) is 10.0 Å². The minimum Gasteiger partial charge on any atom is -0.497 e. The predicted molar refractivity (Wildman–Crippen MR) is 98.1 cm³/mol. The van der Waals surface area contributed by atoms with Crippen molar-refractivity contribution in [1.82, 2.24) is 5.32 Å². The lowest BCUT2D eigenvalue weighted by atomic mass is 10.1. The molecule has 8 heteroatoms. The van der Waals surface area contributed by atoms with Gasteiger partial charge in [0.05, 0.1) is 18.6 Å². The molecular formula is C18H22N2O5S. The van der Waals surface area contributed by atoms with Crippen LogP contribution in [0.3, 0.4) is 0 Å². The number of aryl methyl sites for hydroxylation is 2. The van der Waals surface area contributed by atoms with Crippen molar-refractivity contribution in [2.75, 3.05) is 20.3 Å². The molecule has 7 nitrogen and oxygen atoms in total. The van der Waals surface area contributed by atoms with Crippen LogP contribution in [-0.4, -0.2) is 34.6 Å². The molecule has 2 aromatic rings. The van der Waals surface area contributed by atoms with Crippen molar-refractivity contribution in [2.24, 2.45) is 5.14 Å². The first-order valence-corrected chi connectivity index (χ1v) is 9.46. The van der Waals surface area contributed by atoms with E-state index in [4.69, 9.17) is 14.6 Å². The Morgan fingerprint density at radius 1 is 1.12 bits per heavy atom. The maximum absolute atomic E-state index is 12.0. The number of primary sulfonamides is 1. The summed E-state index contributed by atoms with van der Waals surface area (Å²) in [7, 11) is -2.21. The average molecular weight is 378 g/mol. The van der Waals surface area contributed by atoms with Crippen molar-refractivity contribution in [1.29, 1.82) is 0 Å². The Morgan fingerprint density at radius 2 is 1.77 bits per heavy atom. The highest BCUT2D eigenvalue weighted by molar-refractivity contribution is 7.89. The molecule has 3 N–H and O–H groups in total. The molecular weight excluding hydrogens is 356 g/mol. The zero-order chi connectivity index (χ0) is 19.3. The Hall–Kier alpha value is -2.58. The van der Waals surface area contributed by atoms with Crippen molar-refractivity contribution >= 4 is 15.9 Å². The second-order valence-electron chi connectivity index (χ2n) is 5.76. The van der Waals surface area contributed by atoms with Gasteiger partial charge in [0.25, 0.3) is 5.91 Å². The second-order valence-corrected chi connectivity index (χ2v) is 7.29. The molecule has 0 heterocycles. The van der Waals surface area contributed by atoms with Crippen molar-refractivity contribution < 1.29 is 22.7 Å². The Morgan fingerprint density at radius 3 is 2.35 bits per heavy atom. The highest BCUT2D eigenvalue weighted by Gasteiger charge is 2.14. The Bertz CT molecular complexity index is 893. The number of rotatable bonds is 7. The molecule has 0 aliphatic heterocycles. The predicted octanol–water partition coefficient (Wildman–Crippen LogP) is 1.77. The number of carbonyl (C=O) groups is 1. The molecule has 0 saturated carbocycles. The SMILES string of the molecule is COc1ccc(C(=O)NCCOc2cc(C)c(S(N)(=O)=O)cc2C)cc1. The number of nitrogens with two attached hydrogens (primary N) is 1. The maximum Gasteiger partial charge on any atom is 0.251 e. The standard InChI is InChI=1S/C18H22N2O5S/c1-12-11-17(26(19,22)23)13(2)10-16(12)25-9-8-20-18(21)14-4-6-15(24-3)7-5-14/h4-7,10-11H,8-9H2,1-3H3,(H,20,21)(H2,19,22,23). The van der Waals surface area contributed by atoms with Crippen LogP contribution in [0.5, 0.6) is 11.5 Å². The maximum atomic E-state index is 12.0. The van der Waals surface area contributed by atoms with Gasteiger partial charge < -0.3 is 14.8 Å². The first-order chi connectivity index (χ1) is 12.2. The molecule has 0 aliphatic carbocycles. The van der Waals surface area contributed by atoms with Crippen LogP contribution in [0.1, 0.15) is 21.5 Å². The summed E-state index contributed by atoms with van der Waals surface area (Å²) in [5, 5.41) is 7.94. The number of nitrogens with one attached hydrogen (secondary N) is 1. The monoisotopic (exact) mass is 378 g/mol. The lowest BCUT2D eigenvalue weighted by molar-refractivity contribution is 0.0947. The zero-order valence-electron chi connectivity index (χ0n) is 14.9. The molecule has 2 aromatic carbocycles. The zero-order valence-corrected chi connectivity index (χ0v) is 15.7. The minimum atomic E-state index is -3.77. The van der Waals surface area contributed by atoms with Crippen LogP contribution in [0.4, 0.5) is 0 Å². The van der Waals surface area contributed by atoms with E-state index in [0.717, 1.165) is 0 Å². The Labute approximate surface area is 153 Å². The van der Waals surface area contributed by atoms with Gasteiger partial charge in [-0.05, 0) is 61.4 Å². The Balaban J connectivity index is 1.91. The fourth-order valence-corrected chi connectivity index (χ4v) is 3.24. The van der Waals surface area contributed by atoms with Gasteiger partial charge in [-0.2, -0.15) is 0 Å². The van der Waals surface area contributed by atoms with Crippen LogP contribution in [0.25, 0.3) is 0 Å². The van der Waals surface area contributed by atoms with E-state index in [2.05, 4.69) is 5.32 Å². The van der Waals surface area contributed by atoms with Gasteiger partial charge in [-0.3, -0.25) is 4.79 Å². The van der Waals surface area contributed by atoms with Gasteiger partial charge in [0.15, 0.2) is 0 Å². The number of hydrogen-bond acceptors (Lipinski definition) is 5. The van der Waals surface area contributed by atoms with Gasteiger partial charge in [0, 0.05) is 5.56 Å². The molecule has 0 aromatic heterocycles.